The molecule has 0 unspecified atom stereocenters. The average Bonchev–Trinajstić information content (AvgIpc) is 2.65. The van der Waals surface area contributed by atoms with Crippen LogP contribution in [0.5, 0.6) is 0 Å². The summed E-state index contributed by atoms with van der Waals surface area (Å²) in [5, 5.41) is 11.2. The third kappa shape index (κ3) is 3.95. The monoisotopic (exact) mass is 353 g/mol. The fraction of sp³-hybridized carbons (Fsp3) is 0.450. The van der Waals surface area contributed by atoms with Gasteiger partial charge in [0.15, 0.2) is 11.6 Å². The van der Waals surface area contributed by atoms with Gasteiger partial charge in [0.05, 0.1) is 0 Å². The molecule has 0 radical (unpaired) electrons. The molecule has 0 atom stereocenters. The number of benzene rings is 1. The molecule has 2 heterocycles. The van der Waals surface area contributed by atoms with Crippen LogP contribution in [0.25, 0.3) is 0 Å². The second-order valence-electron chi connectivity index (χ2n) is 7.11. The van der Waals surface area contributed by atoms with Gasteiger partial charge in [0.2, 0.25) is 5.91 Å². The molecule has 1 saturated heterocycles. The predicted octanol–water partition coefficient (Wildman–Crippen LogP) is 3.01. The zero-order valence-electron chi connectivity index (χ0n) is 16.0. The van der Waals surface area contributed by atoms with Gasteiger partial charge in [-0.25, -0.2) is 0 Å². The van der Waals surface area contributed by atoms with Gasteiger partial charge in [-0.1, -0.05) is 26.0 Å². The van der Waals surface area contributed by atoms with E-state index >= 15 is 0 Å². The molecule has 1 N–H and O–H groups in total. The van der Waals surface area contributed by atoms with Crippen molar-refractivity contribution in [2.45, 2.75) is 27.7 Å². The number of anilines is 3. The third-order valence-electron chi connectivity index (χ3n) is 4.95. The van der Waals surface area contributed by atoms with Crippen LogP contribution in [0, 0.1) is 19.8 Å². The Kier molecular flexibility index (Phi) is 5.40. The van der Waals surface area contributed by atoms with E-state index in [1.54, 1.807) is 0 Å². The van der Waals surface area contributed by atoms with Crippen LogP contribution in [0.3, 0.4) is 0 Å². The SMILES string of the molecule is Cc1cccc(N2CCN(c3ccc(NC(=O)C(C)C)nn3)CC2)c1C. The standard InChI is InChI=1S/C20H27N5O/c1-14(2)20(26)21-18-8-9-19(23-22-18)25-12-10-24(11-13-25)17-7-5-6-15(3)16(17)4/h5-9,14H,10-13H2,1-4H3,(H,21,22,26). The first kappa shape index (κ1) is 18.2. The highest BCUT2D eigenvalue weighted by molar-refractivity contribution is 5.91. The van der Waals surface area contributed by atoms with Gasteiger partial charge in [0.25, 0.3) is 0 Å². The number of nitrogens with zero attached hydrogens (tertiary/aromatic N) is 4. The van der Waals surface area contributed by atoms with Crippen molar-refractivity contribution in [2.24, 2.45) is 5.92 Å². The quantitative estimate of drug-likeness (QED) is 0.915. The Morgan fingerprint density at radius 1 is 1.00 bits per heavy atom. The molecule has 0 aliphatic carbocycles. The number of hydrogen-bond acceptors (Lipinski definition) is 5. The van der Waals surface area contributed by atoms with Crippen molar-refractivity contribution in [3.63, 3.8) is 0 Å². The summed E-state index contributed by atoms with van der Waals surface area (Å²) < 4.78 is 0. The van der Waals surface area contributed by atoms with E-state index < -0.39 is 0 Å². The molecule has 1 aliphatic heterocycles. The van der Waals surface area contributed by atoms with Crippen LogP contribution in [-0.4, -0.2) is 42.3 Å². The predicted molar refractivity (Wildman–Crippen MR) is 106 cm³/mol. The van der Waals surface area contributed by atoms with Gasteiger partial charge in [-0.15, -0.1) is 10.2 Å². The number of carbonyl (C=O) groups is 1. The van der Waals surface area contributed by atoms with Crippen molar-refractivity contribution in [3.8, 4) is 0 Å². The summed E-state index contributed by atoms with van der Waals surface area (Å²) in [5.41, 5.74) is 4.00. The summed E-state index contributed by atoms with van der Waals surface area (Å²) in [6.07, 6.45) is 0. The van der Waals surface area contributed by atoms with Crippen LogP contribution in [-0.2, 0) is 4.79 Å². The zero-order valence-corrected chi connectivity index (χ0v) is 16.0. The van der Waals surface area contributed by atoms with Crippen molar-refractivity contribution in [3.05, 3.63) is 41.5 Å². The summed E-state index contributed by atoms with van der Waals surface area (Å²) in [5.74, 6) is 1.23. The van der Waals surface area contributed by atoms with Crippen LogP contribution in [0.2, 0.25) is 0 Å². The van der Waals surface area contributed by atoms with Gasteiger partial charge in [0.1, 0.15) is 0 Å². The highest BCUT2D eigenvalue weighted by Crippen LogP contribution is 2.25. The second-order valence-corrected chi connectivity index (χ2v) is 7.11. The molecular weight excluding hydrogens is 326 g/mol. The van der Waals surface area contributed by atoms with E-state index in [4.69, 9.17) is 0 Å². The largest absolute Gasteiger partial charge is 0.368 e. The Balaban J connectivity index is 1.61. The molecule has 1 aliphatic rings. The maximum atomic E-state index is 11.7. The van der Waals surface area contributed by atoms with Crippen molar-refractivity contribution in [1.29, 1.82) is 0 Å². The number of rotatable bonds is 4. The van der Waals surface area contributed by atoms with E-state index in [2.05, 4.69) is 57.4 Å². The maximum Gasteiger partial charge on any atom is 0.228 e. The lowest BCUT2D eigenvalue weighted by atomic mass is 10.1. The molecule has 0 saturated carbocycles. The maximum absolute atomic E-state index is 11.7. The van der Waals surface area contributed by atoms with Crippen molar-refractivity contribution < 1.29 is 4.79 Å². The number of hydrogen-bond donors (Lipinski definition) is 1. The minimum atomic E-state index is -0.0744. The van der Waals surface area contributed by atoms with Gasteiger partial charge < -0.3 is 15.1 Å². The van der Waals surface area contributed by atoms with E-state index in [1.807, 2.05) is 26.0 Å². The molecular formula is C20H27N5O. The van der Waals surface area contributed by atoms with Gasteiger partial charge in [0, 0.05) is 37.8 Å². The molecule has 0 spiro atoms. The van der Waals surface area contributed by atoms with Crippen molar-refractivity contribution >= 4 is 23.2 Å². The normalized spacial score (nSPS) is 14.7. The smallest absolute Gasteiger partial charge is 0.228 e. The van der Waals surface area contributed by atoms with Crippen molar-refractivity contribution in [1.82, 2.24) is 10.2 Å². The summed E-state index contributed by atoms with van der Waals surface area (Å²) in [4.78, 5) is 16.4. The van der Waals surface area contributed by atoms with Gasteiger partial charge >= 0.3 is 0 Å². The van der Waals surface area contributed by atoms with Crippen LogP contribution < -0.4 is 15.1 Å². The Morgan fingerprint density at radius 3 is 2.31 bits per heavy atom. The molecule has 6 nitrogen and oxygen atoms in total. The minimum Gasteiger partial charge on any atom is -0.368 e. The topological polar surface area (TPSA) is 61.4 Å². The summed E-state index contributed by atoms with van der Waals surface area (Å²) in [6.45, 7) is 11.8. The van der Waals surface area contributed by atoms with E-state index in [-0.39, 0.29) is 11.8 Å². The highest BCUT2D eigenvalue weighted by Gasteiger charge is 2.20. The first-order chi connectivity index (χ1) is 12.5. The first-order valence-electron chi connectivity index (χ1n) is 9.16. The number of carbonyl (C=O) groups excluding carboxylic acids is 1. The highest BCUT2D eigenvalue weighted by atomic mass is 16.1. The third-order valence-corrected chi connectivity index (χ3v) is 4.95. The number of aryl methyl sites for hydroxylation is 1. The molecule has 1 aromatic carbocycles. The van der Waals surface area contributed by atoms with Crippen LogP contribution in [0.4, 0.5) is 17.3 Å². The number of piperazine rings is 1. The number of aromatic nitrogens is 2. The summed E-state index contributed by atoms with van der Waals surface area (Å²) in [7, 11) is 0. The molecule has 138 valence electrons. The van der Waals surface area contributed by atoms with Crippen molar-refractivity contribution in [2.75, 3.05) is 41.3 Å². The molecule has 1 aromatic heterocycles. The van der Waals surface area contributed by atoms with E-state index in [1.165, 1.54) is 16.8 Å². The van der Waals surface area contributed by atoms with E-state index in [0.717, 1.165) is 32.0 Å². The Morgan fingerprint density at radius 2 is 1.69 bits per heavy atom. The Hall–Kier alpha value is -2.63. The van der Waals surface area contributed by atoms with Crippen LogP contribution in [0.15, 0.2) is 30.3 Å². The van der Waals surface area contributed by atoms with Crippen LogP contribution in [0.1, 0.15) is 25.0 Å². The lowest BCUT2D eigenvalue weighted by Crippen LogP contribution is -2.47. The Labute approximate surface area is 155 Å². The lowest BCUT2D eigenvalue weighted by molar-refractivity contribution is -0.118. The molecule has 1 amide bonds. The first-order valence-corrected chi connectivity index (χ1v) is 9.16. The molecule has 1 fully saturated rings. The molecule has 6 heteroatoms. The van der Waals surface area contributed by atoms with Gasteiger partial charge in [-0.05, 0) is 43.2 Å². The summed E-state index contributed by atoms with van der Waals surface area (Å²) in [6, 6.07) is 10.2. The Bertz CT molecular complexity index is 764. The average molecular weight is 353 g/mol. The summed E-state index contributed by atoms with van der Waals surface area (Å²) >= 11 is 0. The second kappa shape index (κ2) is 7.72. The minimum absolute atomic E-state index is 0.0470. The van der Waals surface area contributed by atoms with Gasteiger partial charge in [-0.3, -0.25) is 4.79 Å². The fourth-order valence-electron chi connectivity index (χ4n) is 3.09. The number of amides is 1. The fourth-order valence-corrected chi connectivity index (χ4v) is 3.09. The van der Waals surface area contributed by atoms with E-state index in [9.17, 15) is 4.79 Å². The molecule has 2 aromatic rings. The molecule has 0 bridgehead atoms. The zero-order chi connectivity index (χ0) is 18.7. The van der Waals surface area contributed by atoms with Gasteiger partial charge in [-0.2, -0.15) is 0 Å². The molecule has 26 heavy (non-hydrogen) atoms. The van der Waals surface area contributed by atoms with Crippen LogP contribution >= 0.6 is 0 Å². The van der Waals surface area contributed by atoms with E-state index in [0.29, 0.717) is 5.82 Å². The lowest BCUT2D eigenvalue weighted by Gasteiger charge is -2.37. The molecule has 3 rings (SSSR count). The number of nitrogens with one attached hydrogen (secondary N) is 1.